The summed E-state index contributed by atoms with van der Waals surface area (Å²) < 4.78 is 13.2. The van der Waals surface area contributed by atoms with Crippen molar-refractivity contribution in [1.29, 1.82) is 0 Å². The molecule has 1 amide bonds. The number of carbonyl (C=O) groups excluding carboxylic acids is 1. The van der Waals surface area contributed by atoms with Crippen molar-refractivity contribution >= 4 is 16.9 Å². The van der Waals surface area contributed by atoms with Crippen molar-refractivity contribution in [2.24, 2.45) is 0 Å². The standard InChI is InChI=1S/C20H24N4O3/c1-11(2)19-23-22-17-8-5-13(10-24(17)19)21-20(25)18-12(3)15-9-14(26-4)6-7-16(15)27-18/h6-7,9,11,13H,5,8,10H2,1-4H3,(H,21,25). The predicted octanol–water partition coefficient (Wildman–Crippen LogP) is 3.21. The van der Waals surface area contributed by atoms with Crippen molar-refractivity contribution in [1.82, 2.24) is 20.1 Å². The van der Waals surface area contributed by atoms with Crippen LogP contribution in [0.2, 0.25) is 0 Å². The number of ether oxygens (including phenoxy) is 1. The average Bonchev–Trinajstić information content (AvgIpc) is 3.22. The van der Waals surface area contributed by atoms with Crippen LogP contribution in [0.3, 0.4) is 0 Å². The minimum atomic E-state index is -0.185. The number of nitrogens with one attached hydrogen (secondary N) is 1. The van der Waals surface area contributed by atoms with Crippen molar-refractivity contribution in [3.05, 3.63) is 41.2 Å². The molecule has 142 valence electrons. The van der Waals surface area contributed by atoms with E-state index in [-0.39, 0.29) is 11.9 Å². The molecule has 1 N–H and O–H groups in total. The van der Waals surface area contributed by atoms with Crippen LogP contribution >= 0.6 is 0 Å². The molecule has 0 saturated carbocycles. The van der Waals surface area contributed by atoms with Crippen molar-refractivity contribution in [3.8, 4) is 5.75 Å². The van der Waals surface area contributed by atoms with E-state index in [1.807, 2.05) is 25.1 Å². The molecule has 0 aliphatic carbocycles. The molecule has 1 aromatic carbocycles. The molecule has 4 rings (SSSR count). The van der Waals surface area contributed by atoms with E-state index in [4.69, 9.17) is 9.15 Å². The van der Waals surface area contributed by atoms with Crippen LogP contribution in [0.1, 0.15) is 54.0 Å². The second-order valence-electron chi connectivity index (χ2n) is 7.37. The Bertz CT molecular complexity index is 1000. The zero-order chi connectivity index (χ0) is 19.1. The molecule has 3 aromatic rings. The highest BCUT2D eigenvalue weighted by atomic mass is 16.5. The number of rotatable bonds is 4. The number of methoxy groups -OCH3 is 1. The number of amides is 1. The normalized spacial score (nSPS) is 16.6. The number of nitrogens with zero attached hydrogens (tertiary/aromatic N) is 3. The lowest BCUT2D eigenvalue weighted by atomic mass is 10.1. The molecule has 3 heterocycles. The highest BCUT2D eigenvalue weighted by Crippen LogP contribution is 2.29. The first kappa shape index (κ1) is 17.6. The smallest absolute Gasteiger partial charge is 0.287 e. The Morgan fingerprint density at radius 3 is 2.93 bits per heavy atom. The zero-order valence-electron chi connectivity index (χ0n) is 16.1. The first-order valence-corrected chi connectivity index (χ1v) is 9.28. The van der Waals surface area contributed by atoms with E-state index in [0.29, 0.717) is 23.8 Å². The average molecular weight is 368 g/mol. The zero-order valence-corrected chi connectivity index (χ0v) is 16.1. The van der Waals surface area contributed by atoms with E-state index in [0.717, 1.165) is 41.2 Å². The fourth-order valence-corrected chi connectivity index (χ4v) is 3.69. The van der Waals surface area contributed by atoms with Crippen LogP contribution in [0.15, 0.2) is 22.6 Å². The van der Waals surface area contributed by atoms with Gasteiger partial charge in [-0.1, -0.05) is 13.8 Å². The van der Waals surface area contributed by atoms with Crippen molar-refractivity contribution in [2.45, 2.75) is 52.1 Å². The maximum absolute atomic E-state index is 12.9. The fourth-order valence-electron chi connectivity index (χ4n) is 3.69. The second kappa shape index (κ2) is 6.72. The van der Waals surface area contributed by atoms with Gasteiger partial charge in [-0.05, 0) is 31.5 Å². The monoisotopic (exact) mass is 368 g/mol. The number of aromatic nitrogens is 3. The minimum Gasteiger partial charge on any atom is -0.497 e. The molecular formula is C20H24N4O3. The summed E-state index contributed by atoms with van der Waals surface area (Å²) in [6.45, 7) is 6.79. The Balaban J connectivity index is 1.55. The summed E-state index contributed by atoms with van der Waals surface area (Å²) in [6.07, 6.45) is 1.65. The molecule has 1 aliphatic heterocycles. The number of benzene rings is 1. The lowest BCUT2D eigenvalue weighted by Gasteiger charge is -2.25. The van der Waals surface area contributed by atoms with Crippen LogP contribution in [0.4, 0.5) is 0 Å². The van der Waals surface area contributed by atoms with Crippen LogP contribution < -0.4 is 10.1 Å². The fraction of sp³-hybridized carbons (Fsp3) is 0.450. The molecule has 7 heteroatoms. The Morgan fingerprint density at radius 1 is 1.37 bits per heavy atom. The summed E-state index contributed by atoms with van der Waals surface area (Å²) in [6, 6.07) is 5.58. The molecule has 27 heavy (non-hydrogen) atoms. The van der Waals surface area contributed by atoms with Crippen molar-refractivity contribution in [2.75, 3.05) is 7.11 Å². The molecule has 0 radical (unpaired) electrons. The van der Waals surface area contributed by atoms with Gasteiger partial charge in [0.25, 0.3) is 5.91 Å². The molecule has 1 aliphatic rings. The van der Waals surface area contributed by atoms with Gasteiger partial charge in [0.2, 0.25) is 0 Å². The van der Waals surface area contributed by atoms with E-state index >= 15 is 0 Å². The number of carbonyl (C=O) groups is 1. The Labute approximate surface area is 157 Å². The number of furan rings is 1. The van der Waals surface area contributed by atoms with Gasteiger partial charge in [-0.2, -0.15) is 0 Å². The van der Waals surface area contributed by atoms with Crippen molar-refractivity contribution in [3.63, 3.8) is 0 Å². The topological polar surface area (TPSA) is 82.2 Å². The van der Waals surface area contributed by atoms with Gasteiger partial charge in [-0.25, -0.2) is 0 Å². The molecule has 0 fully saturated rings. The summed E-state index contributed by atoms with van der Waals surface area (Å²) in [5.41, 5.74) is 1.51. The van der Waals surface area contributed by atoms with Crippen LogP contribution in [-0.2, 0) is 13.0 Å². The van der Waals surface area contributed by atoms with E-state index in [1.165, 1.54) is 0 Å². The van der Waals surface area contributed by atoms with Crippen LogP contribution in [0.25, 0.3) is 11.0 Å². The maximum Gasteiger partial charge on any atom is 0.287 e. The molecule has 7 nitrogen and oxygen atoms in total. The third-order valence-corrected chi connectivity index (χ3v) is 5.18. The van der Waals surface area contributed by atoms with Gasteiger partial charge >= 0.3 is 0 Å². The quantitative estimate of drug-likeness (QED) is 0.765. The maximum atomic E-state index is 12.9. The Kier molecular flexibility index (Phi) is 4.37. The van der Waals surface area contributed by atoms with E-state index in [1.54, 1.807) is 7.11 Å². The summed E-state index contributed by atoms with van der Waals surface area (Å²) >= 11 is 0. The van der Waals surface area contributed by atoms with Gasteiger partial charge in [-0.15, -0.1) is 10.2 Å². The van der Waals surface area contributed by atoms with E-state index in [9.17, 15) is 4.79 Å². The largest absolute Gasteiger partial charge is 0.497 e. The second-order valence-corrected chi connectivity index (χ2v) is 7.37. The first-order chi connectivity index (χ1) is 13.0. The summed E-state index contributed by atoms with van der Waals surface area (Å²) in [5.74, 6) is 3.18. The van der Waals surface area contributed by atoms with Crippen LogP contribution in [-0.4, -0.2) is 33.8 Å². The lowest BCUT2D eigenvalue weighted by molar-refractivity contribution is 0.0900. The van der Waals surface area contributed by atoms with Gasteiger partial charge in [0.15, 0.2) is 5.76 Å². The number of hydrogen-bond donors (Lipinski definition) is 1. The van der Waals surface area contributed by atoms with Crippen LogP contribution in [0.5, 0.6) is 5.75 Å². The van der Waals surface area contributed by atoms with E-state index < -0.39 is 0 Å². The third kappa shape index (κ3) is 3.07. The Hall–Kier alpha value is -2.83. The molecule has 2 aromatic heterocycles. The summed E-state index contributed by atoms with van der Waals surface area (Å²) in [7, 11) is 1.62. The van der Waals surface area contributed by atoms with Crippen molar-refractivity contribution < 1.29 is 13.9 Å². The van der Waals surface area contributed by atoms with Gasteiger partial charge in [0, 0.05) is 35.9 Å². The molecule has 0 bridgehead atoms. The highest BCUT2D eigenvalue weighted by molar-refractivity contribution is 5.99. The number of fused-ring (bicyclic) bond motifs is 2. The predicted molar refractivity (Wildman–Crippen MR) is 101 cm³/mol. The molecule has 1 unspecified atom stereocenters. The van der Waals surface area contributed by atoms with E-state index in [2.05, 4.69) is 33.9 Å². The number of hydrogen-bond acceptors (Lipinski definition) is 5. The van der Waals surface area contributed by atoms with Gasteiger partial charge in [0.1, 0.15) is 23.0 Å². The first-order valence-electron chi connectivity index (χ1n) is 9.28. The minimum absolute atomic E-state index is 0.0284. The number of aryl methyl sites for hydroxylation is 2. The SMILES string of the molecule is COc1ccc2oc(C(=O)NC3CCc4nnc(C(C)C)n4C3)c(C)c2c1. The Morgan fingerprint density at radius 2 is 2.19 bits per heavy atom. The molecular weight excluding hydrogens is 344 g/mol. The third-order valence-electron chi connectivity index (χ3n) is 5.18. The van der Waals surface area contributed by atoms with Gasteiger partial charge in [-0.3, -0.25) is 4.79 Å². The molecule has 0 spiro atoms. The lowest BCUT2D eigenvalue weighted by Crippen LogP contribution is -2.41. The molecule has 0 saturated heterocycles. The van der Waals surface area contributed by atoms with Crippen LogP contribution in [0, 0.1) is 6.92 Å². The van der Waals surface area contributed by atoms with Gasteiger partial charge in [0.05, 0.1) is 7.11 Å². The van der Waals surface area contributed by atoms with Gasteiger partial charge < -0.3 is 19.0 Å². The molecule has 1 atom stereocenters. The highest BCUT2D eigenvalue weighted by Gasteiger charge is 2.27. The summed E-state index contributed by atoms with van der Waals surface area (Å²) in [5, 5.41) is 12.6. The summed E-state index contributed by atoms with van der Waals surface area (Å²) in [4.78, 5) is 12.9.